The quantitative estimate of drug-likeness (QED) is 0.550. The minimum absolute atomic E-state index is 0. The molecule has 0 bridgehead atoms. The summed E-state index contributed by atoms with van der Waals surface area (Å²) in [6.07, 6.45) is 2.60. The van der Waals surface area contributed by atoms with Crippen LogP contribution >= 0.6 is 12.4 Å². The molecule has 0 unspecified atom stereocenters. The number of ether oxygens (including phenoxy) is 2. The van der Waals surface area contributed by atoms with Gasteiger partial charge in [0.1, 0.15) is 10.6 Å². The molecule has 4 rings (SSSR count). The zero-order valence-electron chi connectivity index (χ0n) is 19.3. The number of likely N-dealkylation sites (tertiary alicyclic amines) is 1. The number of carbonyl (C=O) groups is 1. The SMILES string of the molecule is COc1ccc(C(=O)N2CCN(CCN3CCCC3)CC2)cc1S(=O)(=O)N1CCOCC1.Cl. The van der Waals surface area contributed by atoms with E-state index in [-0.39, 0.29) is 29.0 Å². The van der Waals surface area contributed by atoms with Gasteiger partial charge >= 0.3 is 0 Å². The van der Waals surface area contributed by atoms with E-state index in [0.29, 0.717) is 45.0 Å². The topological polar surface area (TPSA) is 82.6 Å². The second-order valence-electron chi connectivity index (χ2n) is 8.56. The van der Waals surface area contributed by atoms with Crippen molar-refractivity contribution in [3.8, 4) is 5.75 Å². The van der Waals surface area contributed by atoms with Crippen LogP contribution in [0.1, 0.15) is 23.2 Å². The number of halogens is 1. The van der Waals surface area contributed by atoms with Crippen molar-refractivity contribution in [2.24, 2.45) is 0 Å². The van der Waals surface area contributed by atoms with E-state index >= 15 is 0 Å². The average Bonchev–Trinajstić information content (AvgIpc) is 3.36. The Kier molecular flexibility index (Phi) is 9.37. The molecule has 0 N–H and O–H groups in total. The molecule has 1 aromatic rings. The number of morpholine rings is 1. The zero-order chi connectivity index (χ0) is 22.6. The lowest BCUT2D eigenvalue weighted by Crippen LogP contribution is -2.50. The number of sulfonamides is 1. The van der Waals surface area contributed by atoms with Gasteiger partial charge in [0.15, 0.2) is 0 Å². The summed E-state index contributed by atoms with van der Waals surface area (Å²) >= 11 is 0. The van der Waals surface area contributed by atoms with E-state index in [1.807, 2.05) is 4.90 Å². The molecule has 3 aliphatic rings. The third-order valence-electron chi connectivity index (χ3n) is 6.59. The molecule has 0 saturated carbocycles. The summed E-state index contributed by atoms with van der Waals surface area (Å²) in [5.74, 6) is 0.116. The molecule has 3 aliphatic heterocycles. The summed E-state index contributed by atoms with van der Waals surface area (Å²) in [6.45, 7) is 8.82. The normalized spacial score (nSPS) is 21.1. The van der Waals surface area contributed by atoms with E-state index in [4.69, 9.17) is 9.47 Å². The van der Waals surface area contributed by atoms with Gasteiger partial charge in [0, 0.05) is 57.9 Å². The number of hydrogen-bond donors (Lipinski definition) is 0. The number of amides is 1. The third-order valence-corrected chi connectivity index (χ3v) is 8.51. The fourth-order valence-electron chi connectivity index (χ4n) is 4.58. The number of rotatable bonds is 7. The summed E-state index contributed by atoms with van der Waals surface area (Å²) in [7, 11) is -2.33. The molecule has 11 heteroatoms. The van der Waals surface area contributed by atoms with Crippen molar-refractivity contribution in [2.45, 2.75) is 17.7 Å². The highest BCUT2D eigenvalue weighted by molar-refractivity contribution is 7.89. The van der Waals surface area contributed by atoms with E-state index in [0.717, 1.165) is 26.2 Å². The first kappa shape index (κ1) is 26.2. The Labute approximate surface area is 203 Å². The van der Waals surface area contributed by atoms with E-state index in [1.54, 1.807) is 12.1 Å². The number of piperazine rings is 1. The maximum Gasteiger partial charge on any atom is 0.253 e. The number of nitrogens with zero attached hydrogens (tertiary/aromatic N) is 4. The lowest BCUT2D eigenvalue weighted by molar-refractivity contribution is 0.0626. The van der Waals surface area contributed by atoms with Gasteiger partial charge < -0.3 is 19.3 Å². The highest BCUT2D eigenvalue weighted by Crippen LogP contribution is 2.29. The van der Waals surface area contributed by atoms with Crippen molar-refractivity contribution < 1.29 is 22.7 Å². The molecule has 3 fully saturated rings. The van der Waals surface area contributed by atoms with Gasteiger partial charge in [-0.05, 0) is 44.1 Å². The molecule has 0 atom stereocenters. The van der Waals surface area contributed by atoms with Gasteiger partial charge in [0.25, 0.3) is 5.91 Å². The molecule has 186 valence electrons. The van der Waals surface area contributed by atoms with Crippen molar-refractivity contribution in [1.29, 1.82) is 0 Å². The Morgan fingerprint density at radius 2 is 1.55 bits per heavy atom. The highest BCUT2D eigenvalue weighted by Gasteiger charge is 2.31. The molecule has 3 saturated heterocycles. The second kappa shape index (κ2) is 11.8. The summed E-state index contributed by atoms with van der Waals surface area (Å²) in [4.78, 5) is 19.9. The molecular formula is C22H35ClN4O5S. The first-order valence-corrected chi connectivity index (χ1v) is 12.9. The van der Waals surface area contributed by atoms with Crippen molar-refractivity contribution in [1.82, 2.24) is 19.0 Å². The smallest absolute Gasteiger partial charge is 0.253 e. The summed E-state index contributed by atoms with van der Waals surface area (Å²) in [6, 6.07) is 4.69. The average molecular weight is 503 g/mol. The molecule has 1 amide bonds. The van der Waals surface area contributed by atoms with Crippen LogP contribution in [0.3, 0.4) is 0 Å². The Morgan fingerprint density at radius 1 is 0.939 bits per heavy atom. The molecule has 1 aromatic carbocycles. The van der Waals surface area contributed by atoms with Crippen LogP contribution in [0.2, 0.25) is 0 Å². The standard InChI is InChI=1S/C22H34N4O5S.ClH/c1-30-20-5-4-19(18-21(20)32(28,29)26-14-16-31-17-15-26)22(27)25-12-10-24(11-13-25)9-8-23-6-2-3-7-23;/h4-5,18H,2-3,6-17H2,1H3;1H. The van der Waals surface area contributed by atoms with E-state index in [1.165, 1.54) is 43.4 Å². The largest absolute Gasteiger partial charge is 0.495 e. The van der Waals surface area contributed by atoms with Crippen LogP contribution < -0.4 is 4.74 Å². The van der Waals surface area contributed by atoms with Gasteiger partial charge in [0.05, 0.1) is 20.3 Å². The molecular weight excluding hydrogens is 468 g/mol. The number of carbonyl (C=O) groups excluding carboxylic acids is 1. The van der Waals surface area contributed by atoms with Crippen LogP contribution in [-0.2, 0) is 14.8 Å². The van der Waals surface area contributed by atoms with Crippen molar-refractivity contribution in [2.75, 3.05) is 85.8 Å². The lowest BCUT2D eigenvalue weighted by Gasteiger charge is -2.35. The lowest BCUT2D eigenvalue weighted by atomic mass is 10.1. The summed E-state index contributed by atoms with van der Waals surface area (Å²) < 4.78 is 38.4. The predicted molar refractivity (Wildman–Crippen MR) is 128 cm³/mol. The van der Waals surface area contributed by atoms with E-state index in [2.05, 4.69) is 9.80 Å². The Balaban J connectivity index is 0.00000306. The molecule has 33 heavy (non-hydrogen) atoms. The van der Waals surface area contributed by atoms with Gasteiger partial charge in [-0.1, -0.05) is 0 Å². The van der Waals surface area contributed by atoms with Crippen LogP contribution in [0.15, 0.2) is 23.1 Å². The first-order chi connectivity index (χ1) is 15.5. The number of hydrogen-bond acceptors (Lipinski definition) is 7. The Hall–Kier alpha value is -1.43. The Bertz CT molecular complexity index is 896. The predicted octanol–water partition coefficient (Wildman–Crippen LogP) is 0.992. The van der Waals surface area contributed by atoms with Crippen molar-refractivity contribution >= 4 is 28.3 Å². The zero-order valence-corrected chi connectivity index (χ0v) is 20.9. The van der Waals surface area contributed by atoms with Crippen LogP contribution in [0.4, 0.5) is 0 Å². The number of methoxy groups -OCH3 is 1. The van der Waals surface area contributed by atoms with Gasteiger partial charge in [-0.25, -0.2) is 8.42 Å². The number of benzene rings is 1. The van der Waals surface area contributed by atoms with Crippen LogP contribution in [0, 0.1) is 0 Å². The van der Waals surface area contributed by atoms with Gasteiger partial charge in [-0.2, -0.15) is 4.31 Å². The van der Waals surface area contributed by atoms with Crippen LogP contribution in [0.25, 0.3) is 0 Å². The first-order valence-electron chi connectivity index (χ1n) is 11.5. The molecule has 0 aromatic heterocycles. The maximum absolute atomic E-state index is 13.2. The Morgan fingerprint density at radius 3 is 2.15 bits per heavy atom. The summed E-state index contributed by atoms with van der Waals surface area (Å²) in [5, 5.41) is 0. The van der Waals surface area contributed by atoms with Crippen LogP contribution in [0.5, 0.6) is 5.75 Å². The maximum atomic E-state index is 13.2. The molecule has 0 radical (unpaired) electrons. The van der Waals surface area contributed by atoms with Crippen LogP contribution in [-0.4, -0.2) is 119 Å². The second-order valence-corrected chi connectivity index (χ2v) is 10.5. The van der Waals surface area contributed by atoms with Gasteiger partial charge in [-0.3, -0.25) is 9.69 Å². The summed E-state index contributed by atoms with van der Waals surface area (Å²) in [5.41, 5.74) is 0.378. The van der Waals surface area contributed by atoms with E-state index < -0.39 is 10.0 Å². The fraction of sp³-hybridized carbons (Fsp3) is 0.682. The van der Waals surface area contributed by atoms with Crippen molar-refractivity contribution in [3.63, 3.8) is 0 Å². The molecule has 9 nitrogen and oxygen atoms in total. The monoisotopic (exact) mass is 502 g/mol. The molecule has 0 aliphatic carbocycles. The van der Waals surface area contributed by atoms with Gasteiger partial charge in [-0.15, -0.1) is 12.4 Å². The minimum atomic E-state index is -3.77. The van der Waals surface area contributed by atoms with Crippen molar-refractivity contribution in [3.05, 3.63) is 23.8 Å². The minimum Gasteiger partial charge on any atom is -0.495 e. The third kappa shape index (κ3) is 6.17. The highest BCUT2D eigenvalue weighted by atomic mass is 35.5. The molecule has 0 spiro atoms. The van der Waals surface area contributed by atoms with Gasteiger partial charge in [0.2, 0.25) is 10.0 Å². The van der Waals surface area contributed by atoms with E-state index in [9.17, 15) is 13.2 Å². The molecule has 3 heterocycles. The fourth-order valence-corrected chi connectivity index (χ4v) is 6.17.